The van der Waals surface area contributed by atoms with Crippen LogP contribution in [-0.4, -0.2) is 21.9 Å². The van der Waals surface area contributed by atoms with Crippen LogP contribution in [0.2, 0.25) is 0 Å². The first kappa shape index (κ1) is 33.8. The molecule has 4 rings (SSSR count). The van der Waals surface area contributed by atoms with Crippen molar-refractivity contribution in [1.29, 1.82) is 0 Å². The molecule has 12 nitrogen and oxygen atoms in total. The molecule has 0 aliphatic carbocycles. The number of para-hydroxylation sites is 2. The van der Waals surface area contributed by atoms with Gasteiger partial charge in [0.15, 0.2) is 0 Å². The summed E-state index contributed by atoms with van der Waals surface area (Å²) in [5, 5.41) is 22.4. The van der Waals surface area contributed by atoms with E-state index in [2.05, 4.69) is 9.97 Å². The maximum absolute atomic E-state index is 11.1. The number of carboxylic acids is 2. The monoisotopic (exact) mass is 510 g/mol. The molecule has 4 aromatic rings. The smallest absolute Gasteiger partial charge is 0.545 e. The fraction of sp³-hybridized carbons (Fsp3) is 0. The molecule has 14 N–H and O–H groups in total. The van der Waals surface area contributed by atoms with Crippen molar-refractivity contribution in [1.82, 2.24) is 9.97 Å². The van der Waals surface area contributed by atoms with Crippen molar-refractivity contribution in [3.05, 3.63) is 92.5 Å². The van der Waals surface area contributed by atoms with Gasteiger partial charge in [-0.1, -0.05) is 36.4 Å². The van der Waals surface area contributed by atoms with Crippen LogP contribution in [0.25, 0.3) is 21.8 Å². The van der Waals surface area contributed by atoms with E-state index in [-0.39, 0.29) is 49.5 Å². The average molecular weight is 511 g/mol. The van der Waals surface area contributed by atoms with Gasteiger partial charge in [0.2, 0.25) is 11.1 Å². The molecule has 0 radical (unpaired) electrons. The Morgan fingerprint density at radius 3 is 1.21 bits per heavy atom. The molecule has 0 fully saturated rings. The van der Waals surface area contributed by atoms with E-state index in [1.807, 2.05) is 0 Å². The van der Waals surface area contributed by atoms with E-state index in [1.54, 1.807) is 48.5 Å². The van der Waals surface area contributed by atoms with Gasteiger partial charge >= 0.3 is 16.5 Å². The molecule has 0 bridgehead atoms. The fourth-order valence-corrected chi connectivity index (χ4v) is 2.75. The number of carboxylic acid groups (broad SMARTS) is 2. The van der Waals surface area contributed by atoms with E-state index in [4.69, 9.17) is 0 Å². The van der Waals surface area contributed by atoms with Gasteiger partial charge in [-0.3, -0.25) is 9.59 Å². The van der Waals surface area contributed by atoms with Gasteiger partial charge in [-0.2, -0.15) is 0 Å². The fourth-order valence-electron chi connectivity index (χ4n) is 2.75. The van der Waals surface area contributed by atoms with Gasteiger partial charge < -0.3 is 51.7 Å². The number of carbonyl (C=O) groups excluding carboxylic acids is 2. The number of carbonyl (C=O) groups is 2. The third-order valence-corrected chi connectivity index (χ3v) is 3.94. The summed E-state index contributed by atoms with van der Waals surface area (Å²) in [5.41, 5.74) is -0.0436. The Kier molecular flexibility index (Phi) is 14.6. The van der Waals surface area contributed by atoms with Crippen LogP contribution in [-0.2, 0) is 38.4 Å². The Labute approximate surface area is 194 Å². The van der Waals surface area contributed by atoms with Gasteiger partial charge in [0, 0.05) is 45.1 Å². The van der Waals surface area contributed by atoms with E-state index in [0.29, 0.717) is 21.8 Å². The summed E-state index contributed by atoms with van der Waals surface area (Å²) in [5.74, 6) is -2.68. The van der Waals surface area contributed by atoms with Crippen LogP contribution >= 0.6 is 0 Å². The maximum Gasteiger partial charge on any atom is 2.00 e. The van der Waals surface area contributed by atoms with E-state index in [9.17, 15) is 29.4 Å². The minimum absolute atomic E-state index is 0. The van der Waals surface area contributed by atoms with Crippen LogP contribution in [0.3, 0.4) is 0 Å². The Hall–Kier alpha value is -3.87. The van der Waals surface area contributed by atoms with Gasteiger partial charge in [-0.25, -0.2) is 0 Å². The molecule has 180 valence electrons. The number of hydrogen-bond acceptors (Lipinski definition) is 6. The topological polar surface area (TPSA) is 278 Å². The van der Waals surface area contributed by atoms with Crippen LogP contribution in [0.5, 0.6) is 0 Å². The second-order valence-corrected chi connectivity index (χ2v) is 5.76. The van der Waals surface area contributed by atoms with Gasteiger partial charge in [0.1, 0.15) is 0 Å². The molecule has 0 saturated carbocycles. The number of nitrogens with one attached hydrogen (secondary N) is 2. The number of aromatic carboxylic acids is 2. The van der Waals surface area contributed by atoms with Crippen LogP contribution in [0.4, 0.5) is 0 Å². The summed E-state index contributed by atoms with van der Waals surface area (Å²) >= 11 is 0. The number of pyridine rings is 2. The molecule has 0 aliphatic rings. The van der Waals surface area contributed by atoms with Crippen molar-refractivity contribution in [3.63, 3.8) is 0 Å². The zero-order valence-electron chi connectivity index (χ0n) is 16.8. The molecule has 0 unspecified atom stereocenters. The number of benzene rings is 2. The van der Waals surface area contributed by atoms with Gasteiger partial charge in [0.25, 0.3) is 0 Å². The predicted octanol–water partition coefficient (Wildman–Crippen LogP) is -3.91. The summed E-state index contributed by atoms with van der Waals surface area (Å²) in [4.78, 5) is 48.6. The molecule has 0 atom stereocenters. The first-order valence-corrected chi connectivity index (χ1v) is 8.03. The van der Waals surface area contributed by atoms with Crippen molar-refractivity contribution < 1.29 is 58.2 Å². The second kappa shape index (κ2) is 14.2. The summed E-state index contributed by atoms with van der Waals surface area (Å²) in [6.45, 7) is 0. The van der Waals surface area contributed by atoms with Crippen molar-refractivity contribution in [2.75, 3.05) is 0 Å². The molecule has 0 saturated heterocycles. The SMILES string of the molecule is O=C([O-])c1cc(=O)[nH]c2ccccc12.O=C([O-])c1cc(=O)[nH]c2ccccc12.[Ni+2].[OH3+].[OH3+].[OH3+].[OH3+]. The minimum atomic E-state index is -1.34. The largest absolute Gasteiger partial charge is 2.00 e. The first-order chi connectivity index (χ1) is 13.4. The number of hydrogen-bond donors (Lipinski definition) is 2. The molecule has 0 amide bonds. The van der Waals surface area contributed by atoms with E-state index in [0.717, 1.165) is 12.1 Å². The van der Waals surface area contributed by atoms with Gasteiger partial charge in [-0.05, 0) is 12.1 Å². The molecule has 2 aromatic carbocycles. The third-order valence-electron chi connectivity index (χ3n) is 3.94. The Balaban J connectivity index is -0.000000474. The number of aromatic nitrogens is 2. The van der Waals surface area contributed by atoms with Crippen LogP contribution in [0.15, 0.2) is 70.3 Å². The quantitative estimate of drug-likeness (QED) is 0.200. The van der Waals surface area contributed by atoms with Crippen LogP contribution < -0.4 is 21.3 Å². The number of fused-ring (bicyclic) bond motifs is 2. The normalized spacial score (nSPS) is 8.73. The number of rotatable bonds is 2. The van der Waals surface area contributed by atoms with E-state index in [1.165, 1.54) is 0 Å². The molecular formula is C20H24N2NiO10+4. The average Bonchev–Trinajstić information content (AvgIpc) is 2.66. The second-order valence-electron chi connectivity index (χ2n) is 5.76. The Bertz CT molecular complexity index is 1230. The van der Waals surface area contributed by atoms with Crippen molar-refractivity contribution in [2.24, 2.45) is 0 Å². The molecule has 0 aliphatic heterocycles. The first-order valence-electron chi connectivity index (χ1n) is 8.03. The molecule has 13 heteroatoms. The Morgan fingerprint density at radius 2 is 0.909 bits per heavy atom. The standard InChI is InChI=1S/2C10H7NO3.Ni.4H2O/c2*12-9-5-7(10(13)14)6-3-1-2-4-8(6)11-9;;;;;/h2*1-5H,(H,11,12)(H,13,14);;4*1H2/q;;+2;;;;/p+2. The predicted molar refractivity (Wildman–Crippen MR) is 117 cm³/mol. The Morgan fingerprint density at radius 1 is 0.606 bits per heavy atom. The molecule has 2 aromatic heterocycles. The molecular weight excluding hydrogens is 487 g/mol. The maximum atomic E-state index is 11.1. The minimum Gasteiger partial charge on any atom is -0.545 e. The zero-order valence-corrected chi connectivity index (χ0v) is 17.8. The van der Waals surface area contributed by atoms with Gasteiger partial charge in [-0.15, -0.1) is 0 Å². The van der Waals surface area contributed by atoms with Crippen molar-refractivity contribution >= 4 is 33.7 Å². The number of H-pyrrole nitrogens is 2. The van der Waals surface area contributed by atoms with E-state index < -0.39 is 23.1 Å². The van der Waals surface area contributed by atoms with Crippen LogP contribution in [0, 0.1) is 0 Å². The summed E-state index contributed by atoms with van der Waals surface area (Å²) in [6, 6.07) is 15.4. The molecule has 2 heterocycles. The third kappa shape index (κ3) is 7.64. The van der Waals surface area contributed by atoms with Crippen LogP contribution in [0.1, 0.15) is 20.7 Å². The number of aromatic amines is 2. The summed E-state index contributed by atoms with van der Waals surface area (Å²) < 4.78 is 0. The molecule has 0 spiro atoms. The summed E-state index contributed by atoms with van der Waals surface area (Å²) in [7, 11) is 0. The van der Waals surface area contributed by atoms with E-state index >= 15 is 0 Å². The molecule has 33 heavy (non-hydrogen) atoms. The van der Waals surface area contributed by atoms with Crippen molar-refractivity contribution in [2.45, 2.75) is 0 Å². The van der Waals surface area contributed by atoms with Crippen molar-refractivity contribution in [3.8, 4) is 0 Å². The van der Waals surface area contributed by atoms with Gasteiger partial charge in [0.05, 0.1) is 11.9 Å². The zero-order chi connectivity index (χ0) is 20.3. The summed E-state index contributed by atoms with van der Waals surface area (Å²) in [6.07, 6.45) is 0.